The Balaban J connectivity index is 2.06. The van der Waals surface area contributed by atoms with Crippen LogP contribution in [0.2, 0.25) is 0 Å². The van der Waals surface area contributed by atoms with E-state index < -0.39 is 0 Å². The predicted molar refractivity (Wildman–Crippen MR) is 95.3 cm³/mol. The lowest BCUT2D eigenvalue weighted by Crippen LogP contribution is -2.24. The van der Waals surface area contributed by atoms with E-state index in [1.165, 1.54) is 39.0 Å². The average molecular weight is 378 g/mol. The molecule has 2 aromatic carbocycles. The smallest absolute Gasteiger partial charge is 0.0443 e. The van der Waals surface area contributed by atoms with E-state index in [1.54, 1.807) is 0 Å². The van der Waals surface area contributed by atoms with Crippen LogP contribution in [0.25, 0.3) is 0 Å². The van der Waals surface area contributed by atoms with Crippen molar-refractivity contribution in [3.05, 3.63) is 51.6 Å². The number of hydrogen-bond acceptors (Lipinski definition) is 2. The number of nitrogens with zero attached hydrogens (tertiary/aromatic N) is 2. The maximum atomic E-state index is 2.45. The van der Waals surface area contributed by atoms with Gasteiger partial charge in [0.2, 0.25) is 0 Å². The quantitative estimate of drug-likeness (QED) is 0.713. The third kappa shape index (κ3) is 2.64. The lowest BCUT2D eigenvalue weighted by Gasteiger charge is -2.32. The van der Waals surface area contributed by atoms with Crippen LogP contribution in [0.3, 0.4) is 0 Å². The van der Waals surface area contributed by atoms with Gasteiger partial charge in [0.1, 0.15) is 0 Å². The number of hydrogen-bond donors (Lipinski definition) is 0. The van der Waals surface area contributed by atoms with Crippen LogP contribution >= 0.6 is 22.6 Å². The Morgan fingerprint density at radius 3 is 2.70 bits per heavy atom. The van der Waals surface area contributed by atoms with Crippen LogP contribution in [-0.4, -0.2) is 20.6 Å². The van der Waals surface area contributed by atoms with Gasteiger partial charge in [-0.25, -0.2) is 0 Å². The van der Waals surface area contributed by atoms with Gasteiger partial charge in [-0.2, -0.15) is 0 Å². The maximum Gasteiger partial charge on any atom is 0.0443 e. The van der Waals surface area contributed by atoms with E-state index >= 15 is 0 Å². The summed E-state index contributed by atoms with van der Waals surface area (Å²) in [6, 6.07) is 15.5. The fraction of sp³-hybridized carbons (Fsp3) is 0.294. The van der Waals surface area contributed by atoms with Crippen LogP contribution in [0.5, 0.6) is 0 Å². The van der Waals surface area contributed by atoms with Crippen LogP contribution in [0.15, 0.2) is 42.5 Å². The molecule has 1 aliphatic rings. The number of halogens is 1. The summed E-state index contributed by atoms with van der Waals surface area (Å²) >= 11 is 2.41. The third-order valence-electron chi connectivity index (χ3n) is 3.81. The van der Waals surface area contributed by atoms with Crippen LogP contribution in [0, 0.1) is 3.57 Å². The van der Waals surface area contributed by atoms with E-state index in [0.29, 0.717) is 0 Å². The first kappa shape index (κ1) is 13.7. The van der Waals surface area contributed by atoms with Gasteiger partial charge in [0.15, 0.2) is 0 Å². The number of aryl methyl sites for hydroxylation is 1. The Labute approximate surface area is 134 Å². The molecule has 0 bridgehead atoms. The van der Waals surface area contributed by atoms with E-state index in [1.807, 2.05) is 0 Å². The number of para-hydroxylation sites is 1. The summed E-state index contributed by atoms with van der Waals surface area (Å²) in [6.45, 7) is 1.10. The van der Waals surface area contributed by atoms with Crippen molar-refractivity contribution in [1.29, 1.82) is 0 Å². The second kappa shape index (κ2) is 5.64. The topological polar surface area (TPSA) is 6.48 Å². The molecule has 2 aromatic rings. The van der Waals surface area contributed by atoms with Crippen molar-refractivity contribution >= 4 is 39.7 Å². The highest BCUT2D eigenvalue weighted by atomic mass is 127. The van der Waals surface area contributed by atoms with Gasteiger partial charge in [0.25, 0.3) is 0 Å². The molecule has 0 spiro atoms. The lowest BCUT2D eigenvalue weighted by molar-refractivity contribution is 0.766. The molecule has 2 nitrogen and oxygen atoms in total. The molecule has 0 saturated carbocycles. The molecule has 3 heteroatoms. The number of rotatable bonds is 2. The summed E-state index contributed by atoms with van der Waals surface area (Å²) < 4.78 is 1.28. The standard InChI is InChI=1S/C17H19IN2/c1-19(2)15-10-14(18)11-16(12-15)20-9-5-7-13-6-3-4-8-17(13)20/h3-4,6,8,10-12H,5,7,9H2,1-2H3. The van der Waals surface area contributed by atoms with Crippen molar-refractivity contribution in [2.24, 2.45) is 0 Å². The van der Waals surface area contributed by atoms with Gasteiger partial charge in [0, 0.05) is 41.3 Å². The van der Waals surface area contributed by atoms with Crippen LogP contribution in [0.4, 0.5) is 17.1 Å². The molecule has 20 heavy (non-hydrogen) atoms. The number of anilines is 3. The van der Waals surface area contributed by atoms with Crippen LogP contribution < -0.4 is 9.80 Å². The molecule has 1 aliphatic heterocycles. The van der Waals surface area contributed by atoms with Gasteiger partial charge in [-0.15, -0.1) is 0 Å². The molecular weight excluding hydrogens is 359 g/mol. The molecule has 0 aliphatic carbocycles. The van der Waals surface area contributed by atoms with Crippen LogP contribution in [0.1, 0.15) is 12.0 Å². The monoisotopic (exact) mass is 378 g/mol. The molecule has 0 saturated heterocycles. The lowest BCUT2D eigenvalue weighted by atomic mass is 10.0. The Bertz CT molecular complexity index is 622. The van der Waals surface area contributed by atoms with Crippen molar-refractivity contribution in [2.75, 3.05) is 30.4 Å². The van der Waals surface area contributed by atoms with Crippen molar-refractivity contribution in [1.82, 2.24) is 0 Å². The molecule has 3 rings (SSSR count). The van der Waals surface area contributed by atoms with Gasteiger partial charge in [-0.05, 0) is 65.3 Å². The van der Waals surface area contributed by atoms with E-state index in [0.717, 1.165) is 6.54 Å². The summed E-state index contributed by atoms with van der Waals surface area (Å²) in [5.74, 6) is 0. The predicted octanol–water partition coefficient (Wildman–Crippen LogP) is 4.44. The summed E-state index contributed by atoms with van der Waals surface area (Å²) in [6.07, 6.45) is 2.41. The van der Waals surface area contributed by atoms with Gasteiger partial charge in [0.05, 0.1) is 0 Å². The molecule has 104 valence electrons. The summed E-state index contributed by atoms with van der Waals surface area (Å²) in [4.78, 5) is 4.62. The first-order valence-corrected chi connectivity index (χ1v) is 8.06. The Kier molecular flexibility index (Phi) is 3.87. The Morgan fingerprint density at radius 2 is 1.90 bits per heavy atom. The molecule has 0 amide bonds. The molecule has 0 N–H and O–H groups in total. The highest BCUT2D eigenvalue weighted by Gasteiger charge is 2.18. The van der Waals surface area contributed by atoms with Crippen LogP contribution in [-0.2, 0) is 6.42 Å². The first-order chi connectivity index (χ1) is 9.65. The highest BCUT2D eigenvalue weighted by Crippen LogP contribution is 2.35. The minimum Gasteiger partial charge on any atom is -0.378 e. The minimum absolute atomic E-state index is 1.10. The molecule has 0 fully saturated rings. The average Bonchev–Trinajstić information content (AvgIpc) is 2.46. The van der Waals surface area contributed by atoms with E-state index in [9.17, 15) is 0 Å². The zero-order valence-corrected chi connectivity index (χ0v) is 14.1. The van der Waals surface area contributed by atoms with E-state index in [2.05, 4.69) is 89.0 Å². The first-order valence-electron chi connectivity index (χ1n) is 6.98. The van der Waals surface area contributed by atoms with Gasteiger partial charge in [-0.1, -0.05) is 18.2 Å². The fourth-order valence-electron chi connectivity index (χ4n) is 2.77. The van der Waals surface area contributed by atoms with Crippen molar-refractivity contribution in [3.8, 4) is 0 Å². The van der Waals surface area contributed by atoms with Gasteiger partial charge >= 0.3 is 0 Å². The molecular formula is C17H19IN2. The van der Waals surface area contributed by atoms with Crippen molar-refractivity contribution in [2.45, 2.75) is 12.8 Å². The van der Waals surface area contributed by atoms with Crippen molar-refractivity contribution < 1.29 is 0 Å². The molecule has 0 aromatic heterocycles. The normalized spacial score (nSPS) is 14.1. The van der Waals surface area contributed by atoms with Gasteiger partial charge in [-0.3, -0.25) is 0 Å². The van der Waals surface area contributed by atoms with E-state index in [4.69, 9.17) is 0 Å². The maximum absolute atomic E-state index is 2.45. The Hall–Kier alpha value is -1.23. The minimum atomic E-state index is 1.10. The second-order valence-corrected chi connectivity index (χ2v) is 6.69. The fourth-order valence-corrected chi connectivity index (χ4v) is 3.41. The Morgan fingerprint density at radius 1 is 1.10 bits per heavy atom. The van der Waals surface area contributed by atoms with Crippen molar-refractivity contribution in [3.63, 3.8) is 0 Å². The molecule has 1 heterocycles. The summed E-state index contributed by atoms with van der Waals surface area (Å²) in [5.41, 5.74) is 5.39. The molecule has 0 unspecified atom stereocenters. The summed E-state index contributed by atoms with van der Waals surface area (Å²) in [7, 11) is 4.19. The number of benzene rings is 2. The molecule has 0 atom stereocenters. The SMILES string of the molecule is CN(C)c1cc(I)cc(N2CCCc3ccccc32)c1. The zero-order valence-electron chi connectivity index (χ0n) is 11.9. The third-order valence-corrected chi connectivity index (χ3v) is 4.43. The number of fused-ring (bicyclic) bond motifs is 1. The van der Waals surface area contributed by atoms with E-state index in [-0.39, 0.29) is 0 Å². The largest absolute Gasteiger partial charge is 0.378 e. The second-order valence-electron chi connectivity index (χ2n) is 5.45. The zero-order chi connectivity index (χ0) is 14.1. The summed E-state index contributed by atoms with van der Waals surface area (Å²) in [5, 5.41) is 0. The van der Waals surface area contributed by atoms with Gasteiger partial charge < -0.3 is 9.80 Å². The molecule has 0 radical (unpaired) electrons. The highest BCUT2D eigenvalue weighted by molar-refractivity contribution is 14.1.